The number of aromatic nitrogens is 2. The summed E-state index contributed by atoms with van der Waals surface area (Å²) in [5, 5.41) is 4.09. The highest BCUT2D eigenvalue weighted by Crippen LogP contribution is 2.21. The van der Waals surface area contributed by atoms with Gasteiger partial charge in [0.05, 0.1) is 32.2 Å². The SMILES string of the molecule is CC(C)(C)c1nc(CN(Cc2ccco2)Cc2ccco2)no1. The molecule has 3 rings (SSSR count). The first-order valence-corrected chi connectivity index (χ1v) is 7.61. The Hall–Kier alpha value is -2.34. The van der Waals surface area contributed by atoms with Gasteiger partial charge in [-0.15, -0.1) is 0 Å². The van der Waals surface area contributed by atoms with E-state index >= 15 is 0 Å². The Morgan fingerprint density at radius 3 is 2.00 bits per heavy atom. The maximum Gasteiger partial charge on any atom is 0.232 e. The minimum atomic E-state index is -0.155. The van der Waals surface area contributed by atoms with Gasteiger partial charge in [0.2, 0.25) is 5.89 Å². The van der Waals surface area contributed by atoms with Crippen LogP contribution in [0.1, 0.15) is 44.0 Å². The van der Waals surface area contributed by atoms with Crippen LogP contribution in [-0.2, 0) is 25.0 Å². The fraction of sp³-hybridized carbons (Fsp3) is 0.412. The zero-order valence-corrected chi connectivity index (χ0v) is 13.7. The van der Waals surface area contributed by atoms with Crippen molar-refractivity contribution in [2.75, 3.05) is 0 Å². The van der Waals surface area contributed by atoms with E-state index in [1.165, 1.54) is 0 Å². The molecule has 0 aromatic carbocycles. The molecular weight excluding hydrogens is 294 g/mol. The number of hydrogen-bond donors (Lipinski definition) is 0. The van der Waals surface area contributed by atoms with Crippen molar-refractivity contribution in [2.45, 2.75) is 45.8 Å². The lowest BCUT2D eigenvalue weighted by molar-refractivity contribution is 0.202. The first kappa shape index (κ1) is 15.6. The summed E-state index contributed by atoms with van der Waals surface area (Å²) in [5.74, 6) is 3.07. The van der Waals surface area contributed by atoms with Crippen LogP contribution in [0.4, 0.5) is 0 Å². The topological polar surface area (TPSA) is 68.4 Å². The van der Waals surface area contributed by atoms with E-state index in [9.17, 15) is 0 Å². The monoisotopic (exact) mass is 315 g/mol. The lowest BCUT2D eigenvalue weighted by Crippen LogP contribution is -2.23. The summed E-state index contributed by atoms with van der Waals surface area (Å²) >= 11 is 0. The summed E-state index contributed by atoms with van der Waals surface area (Å²) < 4.78 is 16.3. The minimum absolute atomic E-state index is 0.155. The van der Waals surface area contributed by atoms with E-state index in [2.05, 4.69) is 15.0 Å². The van der Waals surface area contributed by atoms with Gasteiger partial charge in [-0.25, -0.2) is 0 Å². The fourth-order valence-electron chi connectivity index (χ4n) is 2.24. The van der Waals surface area contributed by atoms with E-state index in [-0.39, 0.29) is 5.41 Å². The zero-order valence-electron chi connectivity index (χ0n) is 13.7. The van der Waals surface area contributed by atoms with Crippen LogP contribution < -0.4 is 0 Å². The maximum absolute atomic E-state index is 5.44. The molecule has 122 valence electrons. The van der Waals surface area contributed by atoms with Crippen molar-refractivity contribution in [1.82, 2.24) is 15.0 Å². The average Bonchev–Trinajstić information content (AvgIpc) is 3.18. The molecule has 0 unspecified atom stereocenters. The molecule has 0 spiro atoms. The maximum atomic E-state index is 5.44. The van der Waals surface area contributed by atoms with Crippen LogP contribution in [0.2, 0.25) is 0 Å². The molecule has 0 aliphatic rings. The molecule has 0 bridgehead atoms. The molecule has 0 aliphatic heterocycles. The number of rotatable bonds is 6. The van der Waals surface area contributed by atoms with E-state index in [4.69, 9.17) is 13.4 Å². The van der Waals surface area contributed by atoms with Crippen molar-refractivity contribution in [3.63, 3.8) is 0 Å². The summed E-state index contributed by atoms with van der Waals surface area (Å²) in [6.45, 7) is 8.00. The third-order valence-electron chi connectivity index (χ3n) is 3.39. The summed E-state index contributed by atoms with van der Waals surface area (Å²) in [6.07, 6.45) is 3.35. The minimum Gasteiger partial charge on any atom is -0.468 e. The Morgan fingerprint density at radius 1 is 0.957 bits per heavy atom. The van der Waals surface area contributed by atoms with Gasteiger partial charge < -0.3 is 13.4 Å². The molecule has 23 heavy (non-hydrogen) atoms. The quantitative estimate of drug-likeness (QED) is 0.690. The fourth-order valence-corrected chi connectivity index (χ4v) is 2.24. The highest BCUT2D eigenvalue weighted by atomic mass is 16.5. The van der Waals surface area contributed by atoms with Crippen LogP contribution >= 0.6 is 0 Å². The van der Waals surface area contributed by atoms with Gasteiger partial charge in [-0.1, -0.05) is 25.9 Å². The van der Waals surface area contributed by atoms with Crippen molar-refractivity contribution in [2.24, 2.45) is 0 Å². The largest absolute Gasteiger partial charge is 0.468 e. The molecule has 6 nitrogen and oxygen atoms in total. The summed E-state index contributed by atoms with van der Waals surface area (Å²) in [4.78, 5) is 6.65. The first-order chi connectivity index (χ1) is 11.0. The molecule has 0 saturated heterocycles. The van der Waals surface area contributed by atoms with Gasteiger partial charge in [0.15, 0.2) is 5.82 Å². The first-order valence-electron chi connectivity index (χ1n) is 7.61. The molecule has 0 fully saturated rings. The Bertz CT molecular complexity index is 672. The van der Waals surface area contributed by atoms with Crippen molar-refractivity contribution in [1.29, 1.82) is 0 Å². The molecule has 3 heterocycles. The smallest absolute Gasteiger partial charge is 0.232 e. The van der Waals surface area contributed by atoms with Crippen LogP contribution in [0.25, 0.3) is 0 Å². The van der Waals surface area contributed by atoms with Crippen LogP contribution in [0.3, 0.4) is 0 Å². The third kappa shape index (κ3) is 4.10. The van der Waals surface area contributed by atoms with E-state index in [1.807, 2.05) is 45.0 Å². The zero-order chi connectivity index (χ0) is 16.3. The Labute approximate surface area is 135 Å². The highest BCUT2D eigenvalue weighted by Gasteiger charge is 2.23. The molecule has 0 radical (unpaired) electrons. The lowest BCUT2D eigenvalue weighted by Gasteiger charge is -2.18. The second-order valence-electron chi connectivity index (χ2n) is 6.57. The molecule has 0 saturated carbocycles. The molecule has 6 heteroatoms. The molecule has 0 atom stereocenters. The second kappa shape index (κ2) is 6.42. The molecule has 0 aliphatic carbocycles. The third-order valence-corrected chi connectivity index (χ3v) is 3.39. The van der Waals surface area contributed by atoms with E-state index < -0.39 is 0 Å². The van der Waals surface area contributed by atoms with Gasteiger partial charge in [-0.2, -0.15) is 4.98 Å². The van der Waals surface area contributed by atoms with Crippen LogP contribution in [0, 0.1) is 0 Å². The summed E-state index contributed by atoms with van der Waals surface area (Å²) in [6, 6.07) is 7.66. The van der Waals surface area contributed by atoms with Gasteiger partial charge >= 0.3 is 0 Å². The number of hydrogen-bond acceptors (Lipinski definition) is 6. The Kier molecular flexibility index (Phi) is 4.34. The summed E-state index contributed by atoms with van der Waals surface area (Å²) in [7, 11) is 0. The van der Waals surface area contributed by atoms with Gasteiger partial charge in [-0.05, 0) is 24.3 Å². The van der Waals surface area contributed by atoms with Crippen molar-refractivity contribution in [3.8, 4) is 0 Å². The highest BCUT2D eigenvalue weighted by molar-refractivity contribution is 5.03. The predicted octanol–water partition coefficient (Wildman–Crippen LogP) is 3.76. The average molecular weight is 315 g/mol. The van der Waals surface area contributed by atoms with Crippen molar-refractivity contribution in [3.05, 3.63) is 60.0 Å². The predicted molar refractivity (Wildman–Crippen MR) is 83.4 cm³/mol. The molecule has 0 N–H and O–H groups in total. The second-order valence-corrected chi connectivity index (χ2v) is 6.57. The molecule has 3 aromatic rings. The lowest BCUT2D eigenvalue weighted by atomic mass is 9.97. The number of furan rings is 2. The van der Waals surface area contributed by atoms with Gasteiger partial charge in [0.1, 0.15) is 11.5 Å². The number of nitrogens with zero attached hydrogens (tertiary/aromatic N) is 3. The van der Waals surface area contributed by atoms with E-state index in [0.717, 1.165) is 11.5 Å². The Balaban J connectivity index is 1.73. The van der Waals surface area contributed by atoms with Gasteiger partial charge in [0.25, 0.3) is 0 Å². The molecular formula is C17H21N3O3. The standard InChI is InChI=1S/C17H21N3O3/c1-17(2,3)16-18-15(19-23-16)12-20(10-13-6-4-8-21-13)11-14-7-5-9-22-14/h4-9H,10-12H2,1-3H3. The van der Waals surface area contributed by atoms with Gasteiger partial charge in [-0.3, -0.25) is 4.90 Å². The summed E-state index contributed by atoms with van der Waals surface area (Å²) in [5.41, 5.74) is -0.155. The van der Waals surface area contributed by atoms with E-state index in [0.29, 0.717) is 31.3 Å². The van der Waals surface area contributed by atoms with Crippen LogP contribution in [0.15, 0.2) is 50.1 Å². The van der Waals surface area contributed by atoms with E-state index in [1.54, 1.807) is 12.5 Å². The van der Waals surface area contributed by atoms with Crippen molar-refractivity contribution < 1.29 is 13.4 Å². The Morgan fingerprint density at radius 2 is 1.57 bits per heavy atom. The molecule has 0 amide bonds. The van der Waals surface area contributed by atoms with Gasteiger partial charge in [0, 0.05) is 5.41 Å². The molecule has 3 aromatic heterocycles. The van der Waals surface area contributed by atoms with Crippen LogP contribution in [-0.4, -0.2) is 15.0 Å². The van der Waals surface area contributed by atoms with Crippen molar-refractivity contribution >= 4 is 0 Å². The normalized spacial score (nSPS) is 12.2. The van der Waals surface area contributed by atoms with Crippen LogP contribution in [0.5, 0.6) is 0 Å².